The normalized spacial score (nSPS) is 12.5. The van der Waals surface area contributed by atoms with Crippen molar-refractivity contribution >= 4 is 17.5 Å². The van der Waals surface area contributed by atoms with E-state index in [4.69, 9.17) is 20.8 Å². The summed E-state index contributed by atoms with van der Waals surface area (Å²) in [4.78, 5) is 14.0. The van der Waals surface area contributed by atoms with E-state index in [-0.39, 0.29) is 17.2 Å². The van der Waals surface area contributed by atoms with Crippen LogP contribution in [0.1, 0.15) is 30.6 Å². The molecule has 1 rings (SSSR count). The van der Waals surface area contributed by atoms with Crippen LogP contribution >= 0.6 is 11.6 Å². The van der Waals surface area contributed by atoms with E-state index < -0.39 is 0 Å². The zero-order valence-electron chi connectivity index (χ0n) is 10.4. The van der Waals surface area contributed by atoms with Crippen molar-refractivity contribution in [2.24, 2.45) is 0 Å². The van der Waals surface area contributed by atoms with E-state index in [0.717, 1.165) is 6.42 Å². The number of furan rings is 1. The summed E-state index contributed by atoms with van der Waals surface area (Å²) in [7, 11) is 1.62. The number of rotatable bonds is 6. The molecule has 0 aliphatic carbocycles. The van der Waals surface area contributed by atoms with Gasteiger partial charge in [-0.3, -0.25) is 4.79 Å². The van der Waals surface area contributed by atoms with Gasteiger partial charge in [0.2, 0.25) is 5.22 Å². The fourth-order valence-electron chi connectivity index (χ4n) is 1.53. The fourth-order valence-corrected chi connectivity index (χ4v) is 1.73. The summed E-state index contributed by atoms with van der Waals surface area (Å²) in [5.41, 5.74) is 0.406. The van der Waals surface area contributed by atoms with Crippen LogP contribution in [0.5, 0.6) is 0 Å². The lowest BCUT2D eigenvalue weighted by Crippen LogP contribution is -2.40. The Balaban J connectivity index is 2.82. The SMILES string of the molecule is CCC(C)N(CCOC)C(=O)c1ccoc1Cl. The highest BCUT2D eigenvalue weighted by molar-refractivity contribution is 6.32. The molecular weight excluding hydrogens is 242 g/mol. The van der Waals surface area contributed by atoms with Gasteiger partial charge in [0.15, 0.2) is 0 Å². The van der Waals surface area contributed by atoms with Crippen LogP contribution < -0.4 is 0 Å². The van der Waals surface area contributed by atoms with Crippen molar-refractivity contribution in [1.82, 2.24) is 4.90 Å². The molecule has 1 atom stereocenters. The number of carbonyl (C=O) groups is 1. The van der Waals surface area contributed by atoms with Crippen LogP contribution in [0.3, 0.4) is 0 Å². The van der Waals surface area contributed by atoms with Crippen LogP contribution in [-0.4, -0.2) is 37.1 Å². The second-order valence-electron chi connectivity index (χ2n) is 3.86. The Bertz CT molecular complexity index is 364. The largest absolute Gasteiger partial charge is 0.452 e. The van der Waals surface area contributed by atoms with Gasteiger partial charge in [0, 0.05) is 19.7 Å². The van der Waals surface area contributed by atoms with Crippen LogP contribution in [0.25, 0.3) is 0 Å². The summed E-state index contributed by atoms with van der Waals surface area (Å²) in [6.07, 6.45) is 2.30. The minimum atomic E-state index is -0.116. The molecule has 1 heterocycles. The lowest BCUT2D eigenvalue weighted by atomic mass is 10.2. The summed E-state index contributed by atoms with van der Waals surface area (Å²) in [5.74, 6) is -0.116. The molecule has 0 aromatic carbocycles. The second-order valence-corrected chi connectivity index (χ2v) is 4.20. The van der Waals surface area contributed by atoms with E-state index in [9.17, 15) is 4.79 Å². The highest BCUT2D eigenvalue weighted by Crippen LogP contribution is 2.20. The minimum Gasteiger partial charge on any atom is -0.452 e. The van der Waals surface area contributed by atoms with Gasteiger partial charge in [-0.05, 0) is 31.0 Å². The molecule has 0 fully saturated rings. The van der Waals surface area contributed by atoms with Crippen LogP contribution in [0, 0.1) is 0 Å². The Kier molecular flexibility index (Phi) is 5.51. The first-order chi connectivity index (χ1) is 8.11. The van der Waals surface area contributed by atoms with Gasteiger partial charge < -0.3 is 14.1 Å². The molecule has 0 aliphatic heterocycles. The molecule has 0 bridgehead atoms. The van der Waals surface area contributed by atoms with E-state index in [1.165, 1.54) is 6.26 Å². The van der Waals surface area contributed by atoms with Crippen molar-refractivity contribution in [2.45, 2.75) is 26.3 Å². The first kappa shape index (κ1) is 14.1. The van der Waals surface area contributed by atoms with Gasteiger partial charge in [-0.15, -0.1) is 0 Å². The van der Waals surface area contributed by atoms with Crippen molar-refractivity contribution in [2.75, 3.05) is 20.3 Å². The van der Waals surface area contributed by atoms with Crippen molar-refractivity contribution in [1.29, 1.82) is 0 Å². The fraction of sp³-hybridized carbons (Fsp3) is 0.583. The number of carbonyl (C=O) groups excluding carboxylic acids is 1. The molecule has 4 nitrogen and oxygen atoms in total. The summed E-state index contributed by atoms with van der Waals surface area (Å²) in [6, 6.07) is 1.73. The number of hydrogen-bond donors (Lipinski definition) is 0. The monoisotopic (exact) mass is 259 g/mol. The molecule has 0 saturated carbocycles. The summed E-state index contributed by atoms with van der Waals surface area (Å²) in [6.45, 7) is 5.09. The van der Waals surface area contributed by atoms with Crippen LogP contribution in [0.4, 0.5) is 0 Å². The van der Waals surface area contributed by atoms with E-state index >= 15 is 0 Å². The third-order valence-corrected chi connectivity index (χ3v) is 3.06. The maximum Gasteiger partial charge on any atom is 0.259 e. The number of nitrogens with zero attached hydrogens (tertiary/aromatic N) is 1. The van der Waals surface area contributed by atoms with Gasteiger partial charge in [0.25, 0.3) is 5.91 Å². The summed E-state index contributed by atoms with van der Waals surface area (Å²) in [5, 5.41) is 0.140. The van der Waals surface area contributed by atoms with Crippen LogP contribution in [0.15, 0.2) is 16.7 Å². The number of ether oxygens (including phenoxy) is 1. The van der Waals surface area contributed by atoms with Crippen molar-refractivity contribution in [3.05, 3.63) is 23.1 Å². The summed E-state index contributed by atoms with van der Waals surface area (Å²) >= 11 is 5.82. The van der Waals surface area contributed by atoms with E-state index in [1.54, 1.807) is 18.1 Å². The van der Waals surface area contributed by atoms with Crippen LogP contribution in [0.2, 0.25) is 5.22 Å². The zero-order valence-corrected chi connectivity index (χ0v) is 11.2. The summed E-state index contributed by atoms with van der Waals surface area (Å²) < 4.78 is 9.95. The number of hydrogen-bond acceptors (Lipinski definition) is 3. The molecule has 0 radical (unpaired) electrons. The molecule has 0 saturated heterocycles. The zero-order chi connectivity index (χ0) is 12.8. The average Bonchev–Trinajstić information content (AvgIpc) is 2.75. The number of methoxy groups -OCH3 is 1. The molecule has 17 heavy (non-hydrogen) atoms. The van der Waals surface area contributed by atoms with Gasteiger partial charge in [0.1, 0.15) is 0 Å². The highest BCUT2D eigenvalue weighted by Gasteiger charge is 2.23. The predicted molar refractivity (Wildman–Crippen MR) is 66.4 cm³/mol. The quantitative estimate of drug-likeness (QED) is 0.789. The lowest BCUT2D eigenvalue weighted by Gasteiger charge is -2.28. The Morgan fingerprint density at radius 2 is 2.35 bits per heavy atom. The third kappa shape index (κ3) is 3.48. The average molecular weight is 260 g/mol. The van der Waals surface area contributed by atoms with Gasteiger partial charge in [0.05, 0.1) is 18.4 Å². The molecular formula is C12H18ClNO3. The first-order valence-electron chi connectivity index (χ1n) is 5.64. The Morgan fingerprint density at radius 1 is 1.65 bits per heavy atom. The van der Waals surface area contributed by atoms with Crippen LogP contribution in [-0.2, 0) is 4.74 Å². The van der Waals surface area contributed by atoms with Crippen molar-refractivity contribution in [3.63, 3.8) is 0 Å². The highest BCUT2D eigenvalue weighted by atomic mass is 35.5. The predicted octanol–water partition coefficient (Wildman–Crippen LogP) is 2.82. The maximum absolute atomic E-state index is 12.3. The van der Waals surface area contributed by atoms with Gasteiger partial charge in [-0.25, -0.2) is 0 Å². The maximum atomic E-state index is 12.3. The lowest BCUT2D eigenvalue weighted by molar-refractivity contribution is 0.0613. The minimum absolute atomic E-state index is 0.116. The van der Waals surface area contributed by atoms with Gasteiger partial charge >= 0.3 is 0 Å². The smallest absolute Gasteiger partial charge is 0.259 e. The standard InChI is InChI=1S/C12H18ClNO3/c1-4-9(2)14(6-8-16-3)12(15)10-5-7-17-11(10)13/h5,7,9H,4,6,8H2,1-3H3. The Hall–Kier alpha value is -1.00. The molecule has 96 valence electrons. The van der Waals surface area contributed by atoms with Crippen molar-refractivity contribution < 1.29 is 13.9 Å². The van der Waals surface area contributed by atoms with Gasteiger partial charge in [-0.2, -0.15) is 0 Å². The second kappa shape index (κ2) is 6.67. The molecule has 1 aromatic heterocycles. The molecule has 0 N–H and O–H groups in total. The third-order valence-electron chi connectivity index (χ3n) is 2.77. The topological polar surface area (TPSA) is 42.7 Å². The molecule has 0 spiro atoms. The first-order valence-corrected chi connectivity index (χ1v) is 6.02. The van der Waals surface area contributed by atoms with E-state index in [1.807, 2.05) is 13.8 Å². The number of halogens is 1. The molecule has 5 heteroatoms. The Labute approximate surface area is 106 Å². The molecule has 0 aliphatic rings. The molecule has 1 unspecified atom stereocenters. The molecule has 1 amide bonds. The number of amides is 1. The molecule has 1 aromatic rings. The Morgan fingerprint density at radius 3 is 2.82 bits per heavy atom. The van der Waals surface area contributed by atoms with Crippen molar-refractivity contribution in [3.8, 4) is 0 Å². The van der Waals surface area contributed by atoms with E-state index in [0.29, 0.717) is 18.7 Å². The van der Waals surface area contributed by atoms with E-state index in [2.05, 4.69) is 0 Å². The van der Waals surface area contributed by atoms with Gasteiger partial charge in [-0.1, -0.05) is 6.92 Å².